The largest absolute Gasteiger partial charge is 0.348 e. The molecule has 0 aliphatic heterocycles. The van der Waals surface area contributed by atoms with Crippen LogP contribution in [0.3, 0.4) is 0 Å². The van der Waals surface area contributed by atoms with Crippen LogP contribution in [0.5, 0.6) is 0 Å². The van der Waals surface area contributed by atoms with Gasteiger partial charge in [-0.05, 0) is 50.6 Å². The summed E-state index contributed by atoms with van der Waals surface area (Å²) in [6, 6.07) is 6.58. The van der Waals surface area contributed by atoms with Crippen molar-refractivity contribution >= 4 is 23.0 Å². The molecule has 2 aromatic rings. The van der Waals surface area contributed by atoms with Gasteiger partial charge in [0, 0.05) is 34.4 Å². The van der Waals surface area contributed by atoms with Crippen molar-refractivity contribution in [1.82, 2.24) is 9.88 Å². The minimum absolute atomic E-state index is 0.0409. The first-order valence-corrected chi connectivity index (χ1v) is 10.1. The molecular weight excluding hydrogens is 346 g/mol. The number of nitrogens with zero attached hydrogens (tertiary/aromatic N) is 1. The smallest absolute Gasteiger partial charge is 0.275 e. The van der Waals surface area contributed by atoms with Crippen molar-refractivity contribution in [3.8, 4) is 0 Å². The molecule has 1 amide bonds. The molecule has 0 spiro atoms. The Morgan fingerprint density at radius 3 is 2.73 bits per heavy atom. The number of amides is 1. The van der Waals surface area contributed by atoms with E-state index in [1.165, 1.54) is 4.88 Å². The van der Waals surface area contributed by atoms with E-state index in [2.05, 4.69) is 34.3 Å². The molecule has 2 heterocycles. The Labute approximate surface area is 159 Å². The van der Waals surface area contributed by atoms with E-state index in [-0.39, 0.29) is 11.7 Å². The van der Waals surface area contributed by atoms with Crippen LogP contribution in [0.2, 0.25) is 0 Å². The maximum absolute atomic E-state index is 12.7. The summed E-state index contributed by atoms with van der Waals surface area (Å²) in [6.45, 7) is 5.65. The van der Waals surface area contributed by atoms with Crippen molar-refractivity contribution in [3.05, 3.63) is 45.4 Å². The van der Waals surface area contributed by atoms with E-state index in [1.807, 2.05) is 20.0 Å². The van der Waals surface area contributed by atoms with Gasteiger partial charge in [0.25, 0.3) is 5.91 Å². The molecule has 26 heavy (non-hydrogen) atoms. The number of rotatable bonds is 9. The second kappa shape index (κ2) is 8.18. The summed E-state index contributed by atoms with van der Waals surface area (Å²) >= 11 is 1.77. The number of likely N-dealkylation sites (N-methyl/N-ethyl adjacent to an activating group) is 1. The van der Waals surface area contributed by atoms with Gasteiger partial charge in [-0.15, -0.1) is 11.3 Å². The summed E-state index contributed by atoms with van der Waals surface area (Å²) in [4.78, 5) is 26.9. The molecule has 1 saturated carbocycles. The second-order valence-electron chi connectivity index (χ2n) is 7.34. The fourth-order valence-corrected chi connectivity index (χ4v) is 4.01. The van der Waals surface area contributed by atoms with Gasteiger partial charge >= 0.3 is 0 Å². The highest BCUT2D eigenvalue weighted by Crippen LogP contribution is 2.18. The number of carbonyl (C=O) groups excluding carboxylic acids is 2. The molecule has 5 nitrogen and oxygen atoms in total. The Morgan fingerprint density at radius 2 is 2.08 bits per heavy atom. The maximum Gasteiger partial charge on any atom is 0.275 e. The molecule has 0 bridgehead atoms. The minimum atomic E-state index is 0.0409. The molecule has 2 N–H and O–H groups in total. The Hall–Kier alpha value is -1.92. The number of hydrogen-bond donors (Lipinski definition) is 2. The molecule has 2 aromatic heterocycles. The fourth-order valence-electron chi connectivity index (χ4n) is 3.32. The first kappa shape index (κ1) is 18.9. The van der Waals surface area contributed by atoms with E-state index >= 15 is 0 Å². The lowest BCUT2D eigenvalue weighted by atomic mass is 10.1. The highest BCUT2D eigenvalue weighted by atomic mass is 32.1. The Kier molecular flexibility index (Phi) is 5.94. The number of carbonyl (C=O) groups is 2. The number of Topliss-reactive ketones (excluding diaryl/α,β-unsaturated/α-hetero) is 1. The zero-order valence-electron chi connectivity index (χ0n) is 15.8. The standard InChI is InChI=1S/C20H27N3O2S/c1-14-11-18(15(2)23(14)9-8-17-5-4-10-26-17)19(24)12-22(3)13-20(25)21-16-6-7-16/h4-5,10-11,16H,6-9,12-13H2,1-3H3,(H,21,25)/p+1. The van der Waals surface area contributed by atoms with Crippen molar-refractivity contribution in [2.75, 3.05) is 20.1 Å². The van der Waals surface area contributed by atoms with Crippen LogP contribution in [-0.4, -0.2) is 42.4 Å². The summed E-state index contributed by atoms with van der Waals surface area (Å²) in [5.74, 6) is 0.149. The molecule has 1 aliphatic rings. The number of ketones is 1. The van der Waals surface area contributed by atoms with Gasteiger partial charge < -0.3 is 14.8 Å². The van der Waals surface area contributed by atoms with E-state index in [9.17, 15) is 9.59 Å². The second-order valence-corrected chi connectivity index (χ2v) is 8.37. The lowest BCUT2D eigenvalue weighted by molar-refractivity contribution is -0.862. The number of hydrogen-bond acceptors (Lipinski definition) is 3. The predicted octanol–water partition coefficient (Wildman–Crippen LogP) is 1.39. The normalized spacial score (nSPS) is 15.0. The third kappa shape index (κ3) is 4.83. The van der Waals surface area contributed by atoms with Crippen LogP contribution in [0, 0.1) is 13.8 Å². The topological polar surface area (TPSA) is 55.5 Å². The molecule has 1 aliphatic carbocycles. The number of quaternary nitrogens is 1. The number of aromatic nitrogens is 1. The average Bonchev–Trinajstić information content (AvgIpc) is 3.13. The average molecular weight is 375 g/mol. The number of nitrogens with one attached hydrogen (secondary N) is 2. The predicted molar refractivity (Wildman–Crippen MR) is 104 cm³/mol. The van der Waals surface area contributed by atoms with Gasteiger partial charge in [-0.2, -0.15) is 0 Å². The van der Waals surface area contributed by atoms with E-state index in [0.29, 0.717) is 19.1 Å². The number of thiophene rings is 1. The Morgan fingerprint density at radius 1 is 1.31 bits per heavy atom. The summed E-state index contributed by atoms with van der Waals surface area (Å²) in [5, 5.41) is 5.07. The first-order chi connectivity index (χ1) is 12.4. The van der Waals surface area contributed by atoms with Crippen LogP contribution in [0.25, 0.3) is 0 Å². The van der Waals surface area contributed by atoms with Gasteiger partial charge in [-0.25, -0.2) is 0 Å². The lowest BCUT2D eigenvalue weighted by Gasteiger charge is -2.13. The highest BCUT2D eigenvalue weighted by Gasteiger charge is 2.25. The highest BCUT2D eigenvalue weighted by molar-refractivity contribution is 7.09. The lowest BCUT2D eigenvalue weighted by Crippen LogP contribution is -3.11. The Bertz CT molecular complexity index is 775. The van der Waals surface area contributed by atoms with Crippen LogP contribution in [0.1, 0.15) is 39.5 Å². The molecule has 6 heteroatoms. The van der Waals surface area contributed by atoms with Gasteiger partial charge in [0.05, 0.1) is 7.05 Å². The summed E-state index contributed by atoms with van der Waals surface area (Å²) in [6.07, 6.45) is 3.15. The van der Waals surface area contributed by atoms with Crippen LogP contribution in [0.15, 0.2) is 23.6 Å². The van der Waals surface area contributed by atoms with Crippen LogP contribution in [0.4, 0.5) is 0 Å². The van der Waals surface area contributed by atoms with Crippen molar-refractivity contribution in [2.24, 2.45) is 0 Å². The van der Waals surface area contributed by atoms with E-state index in [4.69, 9.17) is 0 Å². The monoisotopic (exact) mass is 374 g/mol. The maximum atomic E-state index is 12.7. The molecule has 3 rings (SSSR count). The first-order valence-electron chi connectivity index (χ1n) is 9.27. The molecule has 1 fully saturated rings. The zero-order chi connectivity index (χ0) is 18.7. The van der Waals surface area contributed by atoms with E-state index in [1.54, 1.807) is 11.3 Å². The molecule has 0 saturated heterocycles. The van der Waals surface area contributed by atoms with Crippen molar-refractivity contribution in [1.29, 1.82) is 0 Å². The van der Waals surface area contributed by atoms with Gasteiger partial charge in [0.15, 0.2) is 6.54 Å². The van der Waals surface area contributed by atoms with E-state index < -0.39 is 0 Å². The fraction of sp³-hybridized carbons (Fsp3) is 0.500. The molecular formula is C20H28N3O2S+. The zero-order valence-corrected chi connectivity index (χ0v) is 16.6. The van der Waals surface area contributed by atoms with Gasteiger partial charge in [0.2, 0.25) is 5.78 Å². The third-order valence-corrected chi connectivity index (χ3v) is 5.84. The van der Waals surface area contributed by atoms with Crippen LogP contribution >= 0.6 is 11.3 Å². The third-order valence-electron chi connectivity index (χ3n) is 4.90. The number of aryl methyl sites for hydroxylation is 2. The van der Waals surface area contributed by atoms with E-state index in [0.717, 1.165) is 47.7 Å². The Balaban J connectivity index is 1.57. The quantitative estimate of drug-likeness (QED) is 0.652. The summed E-state index contributed by atoms with van der Waals surface area (Å²) in [5.41, 5.74) is 2.93. The molecule has 0 aromatic carbocycles. The van der Waals surface area contributed by atoms with Crippen LogP contribution in [-0.2, 0) is 17.8 Å². The molecule has 1 unspecified atom stereocenters. The van der Waals surface area contributed by atoms with Crippen molar-refractivity contribution in [2.45, 2.75) is 45.7 Å². The van der Waals surface area contributed by atoms with Crippen molar-refractivity contribution in [3.63, 3.8) is 0 Å². The van der Waals surface area contributed by atoms with Gasteiger partial charge in [0.1, 0.15) is 6.54 Å². The van der Waals surface area contributed by atoms with Crippen LogP contribution < -0.4 is 10.2 Å². The SMILES string of the molecule is Cc1cc(C(=O)C[NH+](C)CC(=O)NC2CC2)c(C)n1CCc1cccs1. The molecule has 1 atom stereocenters. The summed E-state index contributed by atoms with van der Waals surface area (Å²) in [7, 11) is 1.90. The summed E-state index contributed by atoms with van der Waals surface area (Å²) < 4.78 is 2.22. The van der Waals surface area contributed by atoms with Gasteiger partial charge in [-0.3, -0.25) is 9.59 Å². The van der Waals surface area contributed by atoms with Crippen molar-refractivity contribution < 1.29 is 14.5 Å². The molecule has 140 valence electrons. The van der Waals surface area contributed by atoms with Gasteiger partial charge in [-0.1, -0.05) is 6.07 Å². The molecule has 0 radical (unpaired) electrons. The minimum Gasteiger partial charge on any atom is -0.348 e.